The van der Waals surface area contributed by atoms with Gasteiger partial charge in [-0.15, -0.1) is 0 Å². The number of carbonyl (C=O) groups is 1. The number of aryl methyl sites for hydroxylation is 1. The summed E-state index contributed by atoms with van der Waals surface area (Å²) >= 11 is 0. The summed E-state index contributed by atoms with van der Waals surface area (Å²) in [6.07, 6.45) is 0. The number of amides is 1. The molecule has 0 aliphatic carbocycles. The summed E-state index contributed by atoms with van der Waals surface area (Å²) in [5.41, 5.74) is 6.96. The number of benzene rings is 3. The Labute approximate surface area is 140 Å². The van der Waals surface area contributed by atoms with Crippen molar-refractivity contribution < 1.29 is 13.2 Å². The van der Waals surface area contributed by atoms with Crippen molar-refractivity contribution in [1.82, 2.24) is 4.72 Å². The lowest BCUT2D eigenvalue weighted by Crippen LogP contribution is -2.31. The average molecular weight is 340 g/mol. The van der Waals surface area contributed by atoms with E-state index >= 15 is 0 Å². The maximum atomic E-state index is 12.7. The fraction of sp³-hybridized carbons (Fsp3) is 0.0556. The highest BCUT2D eigenvalue weighted by molar-refractivity contribution is 7.90. The van der Waals surface area contributed by atoms with Crippen molar-refractivity contribution in [2.24, 2.45) is 0 Å². The molecular formula is C18H16N2O3S. The highest BCUT2D eigenvalue weighted by Crippen LogP contribution is 2.23. The molecule has 0 aromatic heterocycles. The van der Waals surface area contributed by atoms with Gasteiger partial charge < -0.3 is 5.73 Å². The Morgan fingerprint density at radius 2 is 1.71 bits per heavy atom. The van der Waals surface area contributed by atoms with Gasteiger partial charge in [0.15, 0.2) is 0 Å². The number of hydrogen-bond donors (Lipinski definition) is 2. The molecule has 0 radical (unpaired) electrons. The van der Waals surface area contributed by atoms with E-state index in [1.54, 1.807) is 37.3 Å². The first-order chi connectivity index (χ1) is 11.4. The van der Waals surface area contributed by atoms with E-state index in [4.69, 9.17) is 5.73 Å². The monoisotopic (exact) mass is 340 g/mol. The Bertz CT molecular complexity index is 1040. The molecule has 5 nitrogen and oxygen atoms in total. The first kappa shape index (κ1) is 16.0. The van der Waals surface area contributed by atoms with Crippen molar-refractivity contribution in [3.05, 3.63) is 71.8 Å². The van der Waals surface area contributed by atoms with Crippen LogP contribution < -0.4 is 10.5 Å². The molecule has 0 saturated carbocycles. The summed E-state index contributed by atoms with van der Waals surface area (Å²) < 4.78 is 27.5. The second kappa shape index (κ2) is 5.98. The number of nitrogens with two attached hydrogens (primary N) is 1. The molecule has 1 amide bonds. The number of sulfonamides is 1. The molecule has 0 aliphatic rings. The summed E-state index contributed by atoms with van der Waals surface area (Å²) in [5.74, 6) is -0.701. The molecule has 3 rings (SSSR count). The van der Waals surface area contributed by atoms with Gasteiger partial charge in [0.2, 0.25) is 0 Å². The number of rotatable bonds is 3. The predicted molar refractivity (Wildman–Crippen MR) is 94.2 cm³/mol. The minimum absolute atomic E-state index is 0.0653. The zero-order valence-corrected chi connectivity index (χ0v) is 13.8. The first-order valence-electron chi connectivity index (χ1n) is 7.29. The smallest absolute Gasteiger partial charge is 0.265 e. The van der Waals surface area contributed by atoms with E-state index in [1.807, 2.05) is 18.2 Å². The number of carbonyl (C=O) groups excluding carboxylic acids is 1. The highest BCUT2D eigenvalue weighted by atomic mass is 32.2. The Morgan fingerprint density at radius 1 is 1.00 bits per heavy atom. The van der Waals surface area contributed by atoms with Crippen molar-refractivity contribution in [3.63, 3.8) is 0 Å². The Kier molecular flexibility index (Phi) is 3.99. The molecule has 0 spiro atoms. The molecule has 0 heterocycles. The summed E-state index contributed by atoms with van der Waals surface area (Å²) in [6, 6.07) is 16.8. The minimum atomic E-state index is -4.00. The topological polar surface area (TPSA) is 89.3 Å². The van der Waals surface area contributed by atoms with E-state index in [-0.39, 0.29) is 10.5 Å². The molecule has 0 fully saturated rings. The van der Waals surface area contributed by atoms with E-state index in [9.17, 15) is 13.2 Å². The molecule has 0 aliphatic heterocycles. The van der Waals surface area contributed by atoms with Crippen molar-refractivity contribution in [1.29, 1.82) is 0 Å². The highest BCUT2D eigenvalue weighted by Gasteiger charge is 2.21. The van der Waals surface area contributed by atoms with Crippen LogP contribution in [0.5, 0.6) is 0 Å². The summed E-state index contributed by atoms with van der Waals surface area (Å²) in [7, 11) is -4.00. The molecule has 0 atom stereocenters. The van der Waals surface area contributed by atoms with Gasteiger partial charge in [-0.1, -0.05) is 42.5 Å². The van der Waals surface area contributed by atoms with E-state index in [2.05, 4.69) is 4.72 Å². The van der Waals surface area contributed by atoms with Gasteiger partial charge in [0.05, 0.1) is 4.90 Å². The summed E-state index contributed by atoms with van der Waals surface area (Å²) in [5, 5.41) is 1.34. The molecule has 24 heavy (non-hydrogen) atoms. The molecule has 3 aromatic carbocycles. The van der Waals surface area contributed by atoms with Crippen LogP contribution in [0.3, 0.4) is 0 Å². The third kappa shape index (κ3) is 2.96. The molecule has 3 N–H and O–H groups in total. The van der Waals surface area contributed by atoms with Gasteiger partial charge in [-0.05, 0) is 36.1 Å². The van der Waals surface area contributed by atoms with Gasteiger partial charge >= 0.3 is 0 Å². The standard InChI is InChI=1S/C18H16N2O3S/c1-12-9-10-14(19)11-16(12)18(21)20-24(22,23)17-8-4-6-13-5-2-3-7-15(13)17/h2-11H,19H2,1H3,(H,20,21). The zero-order chi connectivity index (χ0) is 17.3. The van der Waals surface area contributed by atoms with Crippen LogP contribution in [0.1, 0.15) is 15.9 Å². The molecule has 0 unspecified atom stereocenters. The SMILES string of the molecule is Cc1ccc(N)cc1C(=O)NS(=O)(=O)c1cccc2ccccc12. The van der Waals surface area contributed by atoms with Crippen LogP contribution in [0.4, 0.5) is 5.69 Å². The van der Waals surface area contributed by atoms with Crippen LogP contribution in [0, 0.1) is 6.92 Å². The van der Waals surface area contributed by atoms with Crippen LogP contribution in [0.15, 0.2) is 65.6 Å². The lowest BCUT2D eigenvalue weighted by atomic mass is 10.1. The predicted octanol–water partition coefficient (Wildman–Crippen LogP) is 2.85. The number of hydrogen-bond acceptors (Lipinski definition) is 4. The minimum Gasteiger partial charge on any atom is -0.399 e. The van der Waals surface area contributed by atoms with Crippen LogP contribution in [-0.4, -0.2) is 14.3 Å². The lowest BCUT2D eigenvalue weighted by Gasteiger charge is -2.11. The van der Waals surface area contributed by atoms with Crippen molar-refractivity contribution in [3.8, 4) is 0 Å². The molecule has 0 bridgehead atoms. The summed E-state index contributed by atoms with van der Waals surface area (Å²) in [4.78, 5) is 12.5. The Morgan fingerprint density at radius 3 is 2.50 bits per heavy atom. The Hall–Kier alpha value is -2.86. The van der Waals surface area contributed by atoms with Gasteiger partial charge in [0, 0.05) is 16.6 Å². The van der Waals surface area contributed by atoms with Crippen LogP contribution in [-0.2, 0) is 10.0 Å². The number of fused-ring (bicyclic) bond motifs is 1. The third-order valence-electron chi connectivity index (χ3n) is 3.77. The van der Waals surface area contributed by atoms with Gasteiger partial charge in [-0.2, -0.15) is 0 Å². The van der Waals surface area contributed by atoms with Crippen molar-refractivity contribution in [2.45, 2.75) is 11.8 Å². The maximum Gasteiger partial charge on any atom is 0.265 e. The van der Waals surface area contributed by atoms with E-state index < -0.39 is 15.9 Å². The van der Waals surface area contributed by atoms with Crippen LogP contribution in [0.25, 0.3) is 10.8 Å². The zero-order valence-electron chi connectivity index (χ0n) is 13.0. The van der Waals surface area contributed by atoms with Gasteiger partial charge in [-0.25, -0.2) is 13.1 Å². The normalized spacial score (nSPS) is 11.4. The van der Waals surface area contributed by atoms with Crippen LogP contribution >= 0.6 is 0 Å². The van der Waals surface area contributed by atoms with Gasteiger partial charge in [0.1, 0.15) is 0 Å². The molecule has 6 heteroatoms. The molecule has 3 aromatic rings. The number of anilines is 1. The van der Waals surface area contributed by atoms with E-state index in [0.717, 1.165) is 5.39 Å². The number of nitrogens with one attached hydrogen (secondary N) is 1. The largest absolute Gasteiger partial charge is 0.399 e. The summed E-state index contributed by atoms with van der Waals surface area (Å²) in [6.45, 7) is 1.72. The van der Waals surface area contributed by atoms with Gasteiger partial charge in [0.25, 0.3) is 15.9 Å². The third-order valence-corrected chi connectivity index (χ3v) is 5.16. The molecule has 122 valence electrons. The van der Waals surface area contributed by atoms with E-state index in [0.29, 0.717) is 16.6 Å². The maximum absolute atomic E-state index is 12.7. The van der Waals surface area contributed by atoms with Gasteiger partial charge in [-0.3, -0.25) is 4.79 Å². The van der Waals surface area contributed by atoms with E-state index in [1.165, 1.54) is 12.1 Å². The van der Waals surface area contributed by atoms with Crippen molar-refractivity contribution >= 4 is 32.4 Å². The van der Waals surface area contributed by atoms with Crippen molar-refractivity contribution in [2.75, 3.05) is 5.73 Å². The quantitative estimate of drug-likeness (QED) is 0.718. The molecule has 0 saturated heterocycles. The van der Waals surface area contributed by atoms with Crippen LogP contribution in [0.2, 0.25) is 0 Å². The second-order valence-electron chi connectivity index (χ2n) is 5.49. The second-order valence-corrected chi connectivity index (χ2v) is 7.14. The number of nitrogen functional groups attached to an aromatic ring is 1. The lowest BCUT2D eigenvalue weighted by molar-refractivity contribution is 0.0981. The average Bonchev–Trinajstić information content (AvgIpc) is 2.56. The first-order valence-corrected chi connectivity index (χ1v) is 8.78. The fourth-order valence-electron chi connectivity index (χ4n) is 2.55. The Balaban J connectivity index is 2.02. The fourth-order valence-corrected chi connectivity index (χ4v) is 3.74. The molecular weight excluding hydrogens is 324 g/mol.